The highest BCUT2D eigenvalue weighted by atomic mass is 35.5. The Bertz CT molecular complexity index is 701. The predicted molar refractivity (Wildman–Crippen MR) is 82.9 cm³/mol. The van der Waals surface area contributed by atoms with Gasteiger partial charge in [0.25, 0.3) is 0 Å². The first kappa shape index (κ1) is 16.8. The van der Waals surface area contributed by atoms with Crippen LogP contribution < -0.4 is 5.32 Å². The average molecular weight is 348 g/mol. The third-order valence-electron chi connectivity index (χ3n) is 2.94. The van der Waals surface area contributed by atoms with Crippen molar-refractivity contribution in [3.63, 3.8) is 0 Å². The second-order valence-corrected chi connectivity index (χ2v) is 6.59. The second kappa shape index (κ2) is 7.15. The maximum Gasteiger partial charge on any atom is 0.194 e. The van der Waals surface area contributed by atoms with Gasteiger partial charge in [-0.2, -0.15) is 0 Å². The normalized spacial score (nSPS) is 12.2. The molecule has 2 aromatic carbocycles. The summed E-state index contributed by atoms with van der Waals surface area (Å²) in [5.74, 6) is -3.62. The third-order valence-corrected chi connectivity index (χ3v) is 4.03. The van der Waals surface area contributed by atoms with Crippen LogP contribution in [0.5, 0.6) is 0 Å². The Hall–Kier alpha value is -1.53. The van der Waals surface area contributed by atoms with Crippen LogP contribution in [-0.2, 0) is 23.1 Å². The molecule has 0 aliphatic heterocycles. The molecule has 0 unspecified atom stereocenters. The fourth-order valence-corrected chi connectivity index (χ4v) is 2.87. The summed E-state index contributed by atoms with van der Waals surface area (Å²) in [5.41, 5.74) is 1.64. The fraction of sp³-hybridized carbons (Fsp3) is 0.200. The van der Waals surface area contributed by atoms with Crippen LogP contribution >= 0.6 is 11.6 Å². The zero-order valence-corrected chi connectivity index (χ0v) is 13.2. The molecular formula is C15H13ClF3NOS. The molecule has 0 spiro atoms. The lowest BCUT2D eigenvalue weighted by Gasteiger charge is -2.10. The Kier molecular flexibility index (Phi) is 5.47. The van der Waals surface area contributed by atoms with E-state index in [1.807, 2.05) is 0 Å². The van der Waals surface area contributed by atoms with E-state index >= 15 is 0 Å². The van der Waals surface area contributed by atoms with E-state index in [-0.39, 0.29) is 12.1 Å². The summed E-state index contributed by atoms with van der Waals surface area (Å²) < 4.78 is 50.4. The van der Waals surface area contributed by atoms with Crippen LogP contribution in [0.3, 0.4) is 0 Å². The van der Waals surface area contributed by atoms with E-state index in [4.69, 9.17) is 11.6 Å². The summed E-state index contributed by atoms with van der Waals surface area (Å²) >= 11 is 6.01. The minimum absolute atomic E-state index is 0.115. The van der Waals surface area contributed by atoms with Gasteiger partial charge in [-0.15, -0.1) is 0 Å². The van der Waals surface area contributed by atoms with Crippen molar-refractivity contribution < 1.29 is 17.4 Å². The number of rotatable bonds is 5. The molecule has 2 rings (SSSR count). The SMILES string of the molecule is C[S@](=O)Cc1cc(NCc2cc(F)c(F)c(F)c2)ccc1Cl. The first-order chi connectivity index (χ1) is 10.4. The lowest BCUT2D eigenvalue weighted by atomic mass is 10.2. The van der Waals surface area contributed by atoms with E-state index in [1.54, 1.807) is 24.5 Å². The molecule has 118 valence electrons. The highest BCUT2D eigenvalue weighted by Crippen LogP contribution is 2.22. The summed E-state index contributed by atoms with van der Waals surface area (Å²) in [4.78, 5) is 0. The number of halogens is 4. The van der Waals surface area contributed by atoms with Crippen LogP contribution in [0.15, 0.2) is 30.3 Å². The van der Waals surface area contributed by atoms with Crippen molar-refractivity contribution in [1.29, 1.82) is 0 Å². The zero-order valence-electron chi connectivity index (χ0n) is 11.6. The van der Waals surface area contributed by atoms with Gasteiger partial charge in [-0.05, 0) is 41.5 Å². The molecule has 1 atom stereocenters. The molecule has 0 saturated heterocycles. The number of anilines is 1. The minimum atomic E-state index is -1.48. The van der Waals surface area contributed by atoms with Crippen LogP contribution in [0.4, 0.5) is 18.9 Å². The van der Waals surface area contributed by atoms with Gasteiger partial charge in [0, 0.05) is 40.1 Å². The minimum Gasteiger partial charge on any atom is -0.381 e. The van der Waals surface area contributed by atoms with E-state index in [2.05, 4.69) is 5.32 Å². The Balaban J connectivity index is 2.13. The molecule has 2 nitrogen and oxygen atoms in total. The van der Waals surface area contributed by atoms with Crippen LogP contribution in [0.2, 0.25) is 5.02 Å². The van der Waals surface area contributed by atoms with E-state index in [0.29, 0.717) is 22.0 Å². The largest absolute Gasteiger partial charge is 0.381 e. The smallest absolute Gasteiger partial charge is 0.194 e. The van der Waals surface area contributed by atoms with Gasteiger partial charge in [0.2, 0.25) is 0 Å². The summed E-state index contributed by atoms with van der Waals surface area (Å²) in [6.45, 7) is 0.115. The van der Waals surface area contributed by atoms with Gasteiger partial charge in [-0.25, -0.2) is 13.2 Å². The summed E-state index contributed by atoms with van der Waals surface area (Å²) in [5, 5.41) is 3.46. The summed E-state index contributed by atoms with van der Waals surface area (Å²) in [7, 11) is -1.04. The predicted octanol–water partition coefficient (Wildman–Crippen LogP) is 4.25. The van der Waals surface area contributed by atoms with Gasteiger partial charge in [0.1, 0.15) is 0 Å². The van der Waals surface area contributed by atoms with Crippen LogP contribution in [0.1, 0.15) is 11.1 Å². The quantitative estimate of drug-likeness (QED) is 0.819. The van der Waals surface area contributed by atoms with Gasteiger partial charge in [0.05, 0.1) is 0 Å². The second-order valence-electron chi connectivity index (χ2n) is 4.75. The van der Waals surface area contributed by atoms with Crippen molar-refractivity contribution in [3.8, 4) is 0 Å². The number of hydrogen-bond donors (Lipinski definition) is 1. The van der Waals surface area contributed by atoms with Crippen LogP contribution in [0.25, 0.3) is 0 Å². The number of nitrogens with one attached hydrogen (secondary N) is 1. The number of hydrogen-bond acceptors (Lipinski definition) is 2. The first-order valence-corrected chi connectivity index (χ1v) is 8.43. The molecule has 22 heavy (non-hydrogen) atoms. The fourth-order valence-electron chi connectivity index (χ4n) is 1.93. The Labute approximate surface area is 133 Å². The van der Waals surface area contributed by atoms with Gasteiger partial charge in [-0.3, -0.25) is 4.21 Å². The van der Waals surface area contributed by atoms with Crippen LogP contribution in [0, 0.1) is 17.5 Å². The van der Waals surface area contributed by atoms with Crippen molar-refractivity contribution >= 4 is 28.1 Å². The average Bonchev–Trinajstić information content (AvgIpc) is 2.45. The Morgan fingerprint density at radius 2 is 1.77 bits per heavy atom. The maximum atomic E-state index is 13.1. The van der Waals surface area contributed by atoms with E-state index in [9.17, 15) is 17.4 Å². The molecule has 0 radical (unpaired) electrons. The Morgan fingerprint density at radius 3 is 2.36 bits per heavy atom. The molecule has 0 heterocycles. The summed E-state index contributed by atoms with van der Waals surface area (Å²) in [6, 6.07) is 6.94. The molecule has 7 heteroatoms. The highest BCUT2D eigenvalue weighted by molar-refractivity contribution is 7.83. The molecule has 0 amide bonds. The maximum absolute atomic E-state index is 13.1. The van der Waals surface area contributed by atoms with Crippen molar-refractivity contribution in [2.75, 3.05) is 11.6 Å². The molecule has 0 fully saturated rings. The highest BCUT2D eigenvalue weighted by Gasteiger charge is 2.10. The van der Waals surface area contributed by atoms with E-state index in [0.717, 1.165) is 12.1 Å². The van der Waals surface area contributed by atoms with Crippen molar-refractivity contribution in [3.05, 3.63) is 63.9 Å². The lowest BCUT2D eigenvalue weighted by molar-refractivity contribution is 0.445. The molecular weight excluding hydrogens is 335 g/mol. The van der Waals surface area contributed by atoms with Gasteiger partial charge >= 0.3 is 0 Å². The van der Waals surface area contributed by atoms with Crippen LogP contribution in [-0.4, -0.2) is 10.5 Å². The third kappa shape index (κ3) is 4.24. The monoisotopic (exact) mass is 347 g/mol. The molecule has 0 bridgehead atoms. The molecule has 0 aromatic heterocycles. The van der Waals surface area contributed by atoms with Gasteiger partial charge in [0.15, 0.2) is 17.5 Å². The lowest BCUT2D eigenvalue weighted by Crippen LogP contribution is -2.03. The number of benzene rings is 2. The van der Waals surface area contributed by atoms with Gasteiger partial charge < -0.3 is 5.32 Å². The topological polar surface area (TPSA) is 29.1 Å². The van der Waals surface area contributed by atoms with Gasteiger partial charge in [-0.1, -0.05) is 11.6 Å². The zero-order chi connectivity index (χ0) is 16.3. The molecule has 0 saturated carbocycles. The van der Waals surface area contributed by atoms with Crippen molar-refractivity contribution in [1.82, 2.24) is 0 Å². The summed E-state index contributed by atoms with van der Waals surface area (Å²) in [6.07, 6.45) is 1.57. The molecule has 2 aromatic rings. The standard InChI is InChI=1S/C15H13ClF3NOS/c1-22(21)8-10-6-11(2-3-12(10)16)20-7-9-4-13(17)15(19)14(18)5-9/h2-6,20H,7-8H2,1H3/t22-/m0/s1. The molecule has 1 N–H and O–H groups in total. The van der Waals surface area contributed by atoms with E-state index in [1.165, 1.54) is 0 Å². The van der Waals surface area contributed by atoms with E-state index < -0.39 is 28.3 Å². The Morgan fingerprint density at radius 1 is 1.14 bits per heavy atom. The molecule has 0 aliphatic rings. The van der Waals surface area contributed by atoms with Crippen molar-refractivity contribution in [2.45, 2.75) is 12.3 Å². The molecule has 0 aliphatic carbocycles. The van der Waals surface area contributed by atoms with Crippen molar-refractivity contribution in [2.24, 2.45) is 0 Å². The first-order valence-electron chi connectivity index (χ1n) is 6.32.